The summed E-state index contributed by atoms with van der Waals surface area (Å²) in [5.41, 5.74) is 0.992. The molecule has 2 rings (SSSR count). The standard InChI is InChI=1S/C14H12BrN3O3S2/c1-7-10(12(20)21-2)23-14(16-7)18-13(22)17-11(19)8-5-3-4-6-9(8)15/h3-6H,1-2H3,(H2,16,17,18,19,22). The first kappa shape index (κ1) is 17.5. The predicted octanol–water partition coefficient (Wildman–Crippen LogP) is 3.13. The van der Waals surface area contributed by atoms with Gasteiger partial charge in [0.1, 0.15) is 4.88 Å². The number of thiazole rings is 1. The van der Waals surface area contributed by atoms with Crippen LogP contribution >= 0.6 is 39.5 Å². The van der Waals surface area contributed by atoms with Crippen LogP contribution in [0.3, 0.4) is 0 Å². The molecule has 0 saturated heterocycles. The van der Waals surface area contributed by atoms with Crippen LogP contribution in [0.1, 0.15) is 25.7 Å². The number of halogens is 1. The Labute approximate surface area is 150 Å². The highest BCUT2D eigenvalue weighted by molar-refractivity contribution is 9.10. The number of hydrogen-bond donors (Lipinski definition) is 2. The molecule has 2 N–H and O–H groups in total. The van der Waals surface area contributed by atoms with Gasteiger partial charge >= 0.3 is 5.97 Å². The lowest BCUT2D eigenvalue weighted by atomic mass is 10.2. The Kier molecular flexibility index (Phi) is 5.80. The van der Waals surface area contributed by atoms with E-state index in [0.717, 1.165) is 11.3 Å². The monoisotopic (exact) mass is 413 g/mol. The number of esters is 1. The fraction of sp³-hybridized carbons (Fsp3) is 0.143. The van der Waals surface area contributed by atoms with Gasteiger partial charge in [-0.1, -0.05) is 23.5 Å². The molecule has 1 amide bonds. The molecular weight excluding hydrogens is 402 g/mol. The van der Waals surface area contributed by atoms with Gasteiger partial charge in [-0.2, -0.15) is 0 Å². The van der Waals surface area contributed by atoms with Gasteiger partial charge in [0, 0.05) is 4.47 Å². The van der Waals surface area contributed by atoms with Crippen molar-refractivity contribution in [3.05, 3.63) is 44.9 Å². The molecule has 6 nitrogen and oxygen atoms in total. The molecule has 0 aliphatic carbocycles. The molecule has 0 saturated carbocycles. The summed E-state index contributed by atoms with van der Waals surface area (Å²) in [5, 5.41) is 5.84. The second-order valence-electron chi connectivity index (χ2n) is 4.31. The van der Waals surface area contributed by atoms with Gasteiger partial charge in [-0.05, 0) is 47.2 Å². The second-order valence-corrected chi connectivity index (χ2v) is 6.57. The molecule has 0 radical (unpaired) electrons. The molecule has 0 atom stereocenters. The second kappa shape index (κ2) is 7.62. The zero-order valence-electron chi connectivity index (χ0n) is 12.2. The van der Waals surface area contributed by atoms with E-state index in [1.165, 1.54) is 7.11 Å². The highest BCUT2D eigenvalue weighted by atomic mass is 79.9. The lowest BCUT2D eigenvalue weighted by Gasteiger charge is -2.08. The third-order valence-electron chi connectivity index (χ3n) is 2.73. The largest absolute Gasteiger partial charge is 0.465 e. The number of methoxy groups -OCH3 is 1. The highest BCUT2D eigenvalue weighted by Crippen LogP contribution is 2.23. The van der Waals surface area contributed by atoms with E-state index in [-0.39, 0.29) is 11.0 Å². The van der Waals surface area contributed by atoms with E-state index in [2.05, 4.69) is 36.3 Å². The van der Waals surface area contributed by atoms with Crippen molar-refractivity contribution in [3.8, 4) is 0 Å². The van der Waals surface area contributed by atoms with Gasteiger partial charge in [-0.25, -0.2) is 9.78 Å². The van der Waals surface area contributed by atoms with Crippen LogP contribution in [-0.4, -0.2) is 29.1 Å². The molecule has 0 unspecified atom stereocenters. The topological polar surface area (TPSA) is 80.3 Å². The lowest BCUT2D eigenvalue weighted by Crippen LogP contribution is -2.34. The number of amides is 1. The van der Waals surface area contributed by atoms with Crippen molar-refractivity contribution in [1.29, 1.82) is 0 Å². The van der Waals surface area contributed by atoms with Crippen LogP contribution in [0.15, 0.2) is 28.7 Å². The molecule has 0 bridgehead atoms. The number of aryl methyl sites for hydroxylation is 1. The fourth-order valence-electron chi connectivity index (χ4n) is 1.68. The van der Waals surface area contributed by atoms with E-state index in [0.29, 0.717) is 25.7 Å². The molecule has 23 heavy (non-hydrogen) atoms. The Balaban J connectivity index is 2.04. The number of ether oxygens (including phenoxy) is 1. The lowest BCUT2D eigenvalue weighted by molar-refractivity contribution is 0.0605. The van der Waals surface area contributed by atoms with E-state index in [9.17, 15) is 9.59 Å². The normalized spacial score (nSPS) is 10.0. The van der Waals surface area contributed by atoms with E-state index < -0.39 is 5.97 Å². The summed E-state index contributed by atoms with van der Waals surface area (Å²) < 4.78 is 5.33. The molecule has 0 aliphatic rings. The van der Waals surface area contributed by atoms with E-state index in [1.807, 2.05) is 6.07 Å². The molecule has 1 heterocycles. The van der Waals surface area contributed by atoms with Crippen molar-refractivity contribution >= 4 is 61.6 Å². The van der Waals surface area contributed by atoms with Crippen LogP contribution in [0.25, 0.3) is 0 Å². The number of rotatable bonds is 3. The van der Waals surface area contributed by atoms with E-state index in [1.54, 1.807) is 25.1 Å². The van der Waals surface area contributed by atoms with Crippen molar-refractivity contribution in [2.75, 3.05) is 12.4 Å². The molecule has 0 spiro atoms. The molecule has 1 aromatic heterocycles. The number of nitrogens with one attached hydrogen (secondary N) is 2. The maximum atomic E-state index is 12.1. The van der Waals surface area contributed by atoms with Gasteiger partial charge < -0.3 is 10.1 Å². The molecule has 1 aromatic carbocycles. The minimum absolute atomic E-state index is 0.0934. The third kappa shape index (κ3) is 4.34. The Hall–Kier alpha value is -1.84. The quantitative estimate of drug-likeness (QED) is 0.594. The summed E-state index contributed by atoms with van der Waals surface area (Å²) in [7, 11) is 1.30. The summed E-state index contributed by atoms with van der Waals surface area (Å²) >= 11 is 9.50. The minimum atomic E-state index is -0.462. The van der Waals surface area contributed by atoms with Crippen LogP contribution in [-0.2, 0) is 4.74 Å². The fourth-order valence-corrected chi connectivity index (χ4v) is 3.28. The number of hydrogen-bond acceptors (Lipinski definition) is 6. The summed E-state index contributed by atoms with van der Waals surface area (Å²) in [6.45, 7) is 1.69. The Morgan fingerprint density at radius 2 is 2.04 bits per heavy atom. The van der Waals surface area contributed by atoms with Gasteiger partial charge in [0.25, 0.3) is 5.91 Å². The summed E-state index contributed by atoms with van der Waals surface area (Å²) in [6.07, 6.45) is 0. The first-order valence-electron chi connectivity index (χ1n) is 6.35. The Bertz CT molecular complexity index is 776. The maximum Gasteiger partial charge on any atom is 0.350 e. The van der Waals surface area contributed by atoms with Crippen LogP contribution in [0.5, 0.6) is 0 Å². The highest BCUT2D eigenvalue weighted by Gasteiger charge is 2.17. The van der Waals surface area contributed by atoms with Crippen molar-refractivity contribution in [1.82, 2.24) is 10.3 Å². The first-order chi connectivity index (χ1) is 10.9. The molecule has 0 fully saturated rings. The van der Waals surface area contributed by atoms with Crippen molar-refractivity contribution in [2.24, 2.45) is 0 Å². The molecule has 9 heteroatoms. The van der Waals surface area contributed by atoms with Crippen LogP contribution in [0, 0.1) is 6.92 Å². The zero-order valence-corrected chi connectivity index (χ0v) is 15.4. The third-order valence-corrected chi connectivity index (χ3v) is 4.68. The van der Waals surface area contributed by atoms with Crippen molar-refractivity contribution in [2.45, 2.75) is 6.92 Å². The number of nitrogens with zero attached hydrogens (tertiary/aromatic N) is 1. The minimum Gasteiger partial charge on any atom is -0.465 e. The number of aromatic nitrogens is 1. The summed E-state index contributed by atoms with van der Waals surface area (Å²) in [4.78, 5) is 28.2. The predicted molar refractivity (Wildman–Crippen MR) is 96.0 cm³/mol. The SMILES string of the molecule is COC(=O)c1sc(NC(=S)NC(=O)c2ccccc2Br)nc1C. The van der Waals surface area contributed by atoms with Gasteiger partial charge in [0.2, 0.25) is 0 Å². The number of carbonyl (C=O) groups is 2. The van der Waals surface area contributed by atoms with Crippen LogP contribution in [0.2, 0.25) is 0 Å². The number of anilines is 1. The Morgan fingerprint density at radius 1 is 1.35 bits per heavy atom. The maximum absolute atomic E-state index is 12.1. The Morgan fingerprint density at radius 3 is 2.70 bits per heavy atom. The van der Waals surface area contributed by atoms with Gasteiger partial charge in [-0.3, -0.25) is 10.1 Å². The molecular formula is C14H12BrN3O3S2. The first-order valence-corrected chi connectivity index (χ1v) is 8.36. The van der Waals surface area contributed by atoms with Gasteiger partial charge in [0.05, 0.1) is 18.4 Å². The molecule has 120 valence electrons. The van der Waals surface area contributed by atoms with Gasteiger partial charge in [-0.15, -0.1) is 0 Å². The number of carbonyl (C=O) groups excluding carboxylic acids is 2. The molecule has 0 aliphatic heterocycles. The van der Waals surface area contributed by atoms with Crippen LogP contribution < -0.4 is 10.6 Å². The zero-order chi connectivity index (χ0) is 17.0. The number of benzene rings is 1. The summed E-state index contributed by atoms with van der Waals surface area (Å²) in [5.74, 6) is -0.812. The summed E-state index contributed by atoms with van der Waals surface area (Å²) in [6, 6.07) is 7.00. The van der Waals surface area contributed by atoms with Crippen molar-refractivity contribution in [3.63, 3.8) is 0 Å². The smallest absolute Gasteiger partial charge is 0.350 e. The molecule has 2 aromatic rings. The average molecular weight is 414 g/mol. The van der Waals surface area contributed by atoms with Gasteiger partial charge in [0.15, 0.2) is 10.2 Å². The average Bonchev–Trinajstić information content (AvgIpc) is 2.87. The van der Waals surface area contributed by atoms with Crippen molar-refractivity contribution < 1.29 is 14.3 Å². The van der Waals surface area contributed by atoms with E-state index >= 15 is 0 Å². The number of thiocarbonyl (C=S) groups is 1. The van der Waals surface area contributed by atoms with E-state index in [4.69, 9.17) is 12.2 Å². The van der Waals surface area contributed by atoms with Crippen LogP contribution in [0.4, 0.5) is 5.13 Å².